The Bertz CT molecular complexity index is 1230. The number of rotatable bonds is 6. The van der Waals surface area contributed by atoms with E-state index in [2.05, 4.69) is 4.72 Å². The molecule has 1 heterocycles. The van der Waals surface area contributed by atoms with Gasteiger partial charge in [0.05, 0.1) is 5.25 Å². The monoisotopic (exact) mass is 497 g/mol. The summed E-state index contributed by atoms with van der Waals surface area (Å²) in [4.78, 5) is 29.2. The molecule has 2 aromatic rings. The first-order chi connectivity index (χ1) is 16.8. The number of nitrogens with zero attached hydrogens (tertiary/aromatic N) is 2. The van der Waals surface area contributed by atoms with E-state index in [9.17, 15) is 23.1 Å². The number of carbonyl (C=O) groups is 2. The molecular weight excluding hydrogens is 466 g/mol. The molecule has 1 aliphatic heterocycles. The van der Waals surface area contributed by atoms with Gasteiger partial charge in [0.25, 0.3) is 11.8 Å². The largest absolute Gasteiger partial charge is 0.380 e. The van der Waals surface area contributed by atoms with Gasteiger partial charge in [0.15, 0.2) is 0 Å². The van der Waals surface area contributed by atoms with Crippen LogP contribution in [0.1, 0.15) is 48.9 Å². The summed E-state index contributed by atoms with van der Waals surface area (Å²) in [6, 6.07) is 14.5. The van der Waals surface area contributed by atoms with E-state index in [-0.39, 0.29) is 17.1 Å². The first-order valence-corrected chi connectivity index (χ1v) is 13.8. The highest BCUT2D eigenvalue weighted by molar-refractivity contribution is 7.93. The molecule has 0 radical (unpaired) electrons. The molecule has 2 N–H and O–H groups in total. The molecule has 0 atom stereocenters. The van der Waals surface area contributed by atoms with E-state index in [0.717, 1.165) is 24.0 Å². The van der Waals surface area contributed by atoms with Gasteiger partial charge in [0.2, 0.25) is 10.0 Å². The number of benzene rings is 2. The molecule has 2 amide bonds. The van der Waals surface area contributed by atoms with Crippen LogP contribution in [0.2, 0.25) is 0 Å². The van der Waals surface area contributed by atoms with Gasteiger partial charge in [-0.15, -0.1) is 0 Å². The SMILES string of the molecule is O=C(c1ccccc1-c1cccc(NS(=O)(=O)C2CCCC2)c1)N1CCN(C(=O)C2(O)CC2)CC1. The van der Waals surface area contributed by atoms with Crippen LogP contribution in [-0.4, -0.2) is 72.2 Å². The number of piperazine rings is 1. The third kappa shape index (κ3) is 4.92. The van der Waals surface area contributed by atoms with E-state index in [4.69, 9.17) is 0 Å². The molecule has 2 saturated carbocycles. The summed E-state index contributed by atoms with van der Waals surface area (Å²) in [5.74, 6) is -0.364. The first-order valence-electron chi connectivity index (χ1n) is 12.3. The van der Waals surface area contributed by atoms with Crippen molar-refractivity contribution in [2.24, 2.45) is 0 Å². The number of anilines is 1. The lowest BCUT2D eigenvalue weighted by molar-refractivity contribution is -0.143. The van der Waals surface area contributed by atoms with Crippen LogP contribution in [0.3, 0.4) is 0 Å². The van der Waals surface area contributed by atoms with Gasteiger partial charge in [0.1, 0.15) is 5.60 Å². The summed E-state index contributed by atoms with van der Waals surface area (Å²) >= 11 is 0. The lowest BCUT2D eigenvalue weighted by atomic mass is 9.98. The Kier molecular flexibility index (Phi) is 6.31. The summed E-state index contributed by atoms with van der Waals surface area (Å²) in [5.41, 5.74) is 1.31. The van der Waals surface area contributed by atoms with Crippen molar-refractivity contribution in [3.8, 4) is 11.1 Å². The summed E-state index contributed by atoms with van der Waals surface area (Å²) in [7, 11) is -3.45. The van der Waals surface area contributed by atoms with Gasteiger partial charge in [-0.05, 0) is 55.0 Å². The summed E-state index contributed by atoms with van der Waals surface area (Å²) < 4.78 is 28.2. The van der Waals surface area contributed by atoms with Crippen molar-refractivity contribution in [1.29, 1.82) is 0 Å². The molecular formula is C26H31N3O5S. The van der Waals surface area contributed by atoms with E-state index < -0.39 is 15.6 Å². The Morgan fingerprint density at radius 1 is 0.914 bits per heavy atom. The van der Waals surface area contributed by atoms with Crippen molar-refractivity contribution in [3.63, 3.8) is 0 Å². The minimum absolute atomic E-state index is 0.130. The van der Waals surface area contributed by atoms with Crippen molar-refractivity contribution in [1.82, 2.24) is 9.80 Å². The third-order valence-corrected chi connectivity index (χ3v) is 9.18. The molecule has 2 aliphatic carbocycles. The van der Waals surface area contributed by atoms with Crippen LogP contribution in [0.5, 0.6) is 0 Å². The van der Waals surface area contributed by atoms with Crippen LogP contribution in [-0.2, 0) is 14.8 Å². The first kappa shape index (κ1) is 23.8. The highest BCUT2D eigenvalue weighted by Crippen LogP contribution is 2.37. The molecule has 0 unspecified atom stereocenters. The number of sulfonamides is 1. The van der Waals surface area contributed by atoms with Gasteiger partial charge in [-0.25, -0.2) is 8.42 Å². The number of aliphatic hydroxyl groups is 1. The predicted molar refractivity (Wildman–Crippen MR) is 133 cm³/mol. The normalized spacial score (nSPS) is 20.0. The minimum atomic E-state index is -3.45. The van der Waals surface area contributed by atoms with E-state index in [1.54, 1.807) is 34.1 Å². The second kappa shape index (κ2) is 9.28. The fourth-order valence-corrected chi connectivity index (χ4v) is 6.60. The number of amides is 2. The van der Waals surface area contributed by atoms with Gasteiger partial charge in [-0.2, -0.15) is 0 Å². The van der Waals surface area contributed by atoms with E-state index in [1.807, 2.05) is 24.3 Å². The van der Waals surface area contributed by atoms with Crippen LogP contribution in [0.25, 0.3) is 11.1 Å². The maximum atomic E-state index is 13.4. The van der Waals surface area contributed by atoms with Crippen molar-refractivity contribution in [3.05, 3.63) is 54.1 Å². The molecule has 186 valence electrons. The third-order valence-electron chi connectivity index (χ3n) is 7.31. The maximum Gasteiger partial charge on any atom is 0.254 e. The molecule has 8 nitrogen and oxygen atoms in total. The quantitative estimate of drug-likeness (QED) is 0.638. The van der Waals surface area contributed by atoms with E-state index in [0.29, 0.717) is 63.1 Å². The average Bonchev–Trinajstić information content (AvgIpc) is 3.37. The molecule has 0 bridgehead atoms. The Hall–Kier alpha value is -2.91. The van der Waals surface area contributed by atoms with Crippen LogP contribution in [0.15, 0.2) is 48.5 Å². The van der Waals surface area contributed by atoms with Crippen LogP contribution >= 0.6 is 0 Å². The van der Waals surface area contributed by atoms with Crippen molar-refractivity contribution in [2.75, 3.05) is 30.9 Å². The van der Waals surface area contributed by atoms with Gasteiger partial charge in [-0.1, -0.05) is 43.2 Å². The zero-order valence-electron chi connectivity index (χ0n) is 19.7. The van der Waals surface area contributed by atoms with Gasteiger partial charge >= 0.3 is 0 Å². The molecule has 3 fully saturated rings. The highest BCUT2D eigenvalue weighted by Gasteiger charge is 2.50. The van der Waals surface area contributed by atoms with E-state index >= 15 is 0 Å². The Balaban J connectivity index is 1.32. The number of carbonyl (C=O) groups excluding carboxylic acids is 2. The summed E-state index contributed by atoms with van der Waals surface area (Å²) in [5, 5.41) is 9.75. The van der Waals surface area contributed by atoms with Crippen molar-refractivity contribution >= 4 is 27.5 Å². The Morgan fingerprint density at radius 3 is 2.26 bits per heavy atom. The fraction of sp³-hybridized carbons (Fsp3) is 0.462. The van der Waals surface area contributed by atoms with Crippen molar-refractivity contribution in [2.45, 2.75) is 49.4 Å². The average molecular weight is 498 g/mol. The molecule has 0 aromatic heterocycles. The Morgan fingerprint density at radius 2 is 1.57 bits per heavy atom. The number of hydrogen-bond donors (Lipinski definition) is 2. The molecule has 5 rings (SSSR count). The van der Waals surface area contributed by atoms with Crippen LogP contribution in [0.4, 0.5) is 5.69 Å². The zero-order valence-corrected chi connectivity index (χ0v) is 20.5. The predicted octanol–water partition coefficient (Wildman–Crippen LogP) is 2.85. The van der Waals surface area contributed by atoms with Crippen molar-refractivity contribution < 1.29 is 23.1 Å². The number of hydrogen-bond acceptors (Lipinski definition) is 5. The van der Waals surface area contributed by atoms with Gasteiger partial charge in [0, 0.05) is 37.4 Å². The highest BCUT2D eigenvalue weighted by atomic mass is 32.2. The second-order valence-corrected chi connectivity index (χ2v) is 11.8. The van der Waals surface area contributed by atoms with E-state index in [1.165, 1.54) is 0 Å². The molecule has 3 aliphatic rings. The topological polar surface area (TPSA) is 107 Å². The fourth-order valence-electron chi connectivity index (χ4n) is 5.03. The molecule has 1 saturated heterocycles. The summed E-state index contributed by atoms with van der Waals surface area (Å²) in [6.45, 7) is 1.59. The zero-order chi connectivity index (χ0) is 24.6. The lowest BCUT2D eigenvalue weighted by Gasteiger charge is -2.36. The maximum absolute atomic E-state index is 13.4. The molecule has 9 heteroatoms. The van der Waals surface area contributed by atoms with Gasteiger partial charge < -0.3 is 14.9 Å². The molecule has 0 spiro atoms. The molecule has 2 aromatic carbocycles. The lowest BCUT2D eigenvalue weighted by Crippen LogP contribution is -2.53. The van der Waals surface area contributed by atoms with Crippen LogP contribution in [0, 0.1) is 0 Å². The smallest absolute Gasteiger partial charge is 0.254 e. The minimum Gasteiger partial charge on any atom is -0.380 e. The number of nitrogens with one attached hydrogen (secondary N) is 1. The molecule has 35 heavy (non-hydrogen) atoms. The van der Waals surface area contributed by atoms with Gasteiger partial charge in [-0.3, -0.25) is 14.3 Å². The summed E-state index contributed by atoms with van der Waals surface area (Å²) in [6.07, 6.45) is 4.26. The standard InChI is InChI=1S/C26H31N3O5S/c30-24(28-14-16-29(17-15-28)25(31)26(32)12-13-26)23-11-4-3-10-22(23)19-6-5-7-20(18-19)27-35(33,34)21-8-1-2-9-21/h3-7,10-11,18,21,27,32H,1-2,8-9,12-17H2. The Labute approximate surface area is 206 Å². The second-order valence-electron chi connectivity index (χ2n) is 9.80. The van der Waals surface area contributed by atoms with Crippen LogP contribution < -0.4 is 4.72 Å².